The van der Waals surface area contributed by atoms with Crippen molar-refractivity contribution in [2.24, 2.45) is 5.92 Å². The minimum absolute atomic E-state index is 0.0416. The highest BCUT2D eigenvalue weighted by Crippen LogP contribution is 2.26. The van der Waals surface area contributed by atoms with Crippen LogP contribution in [0.4, 0.5) is 5.82 Å². The molecule has 1 saturated carbocycles. The summed E-state index contributed by atoms with van der Waals surface area (Å²) in [4.78, 5) is 37.2. The zero-order valence-electron chi connectivity index (χ0n) is 21.8. The highest BCUT2D eigenvalue weighted by atomic mass is 16.2. The second kappa shape index (κ2) is 11.3. The fraction of sp³-hybridized carbons (Fsp3) is 0.500. The van der Waals surface area contributed by atoms with Crippen molar-refractivity contribution in [1.29, 1.82) is 0 Å². The van der Waals surface area contributed by atoms with Gasteiger partial charge in [0.1, 0.15) is 5.69 Å². The molecule has 2 aliphatic rings. The van der Waals surface area contributed by atoms with Crippen LogP contribution < -0.4 is 16.0 Å². The summed E-state index contributed by atoms with van der Waals surface area (Å²) in [6, 6.07) is 7.83. The number of hydrogen-bond acceptors (Lipinski definition) is 6. The molecule has 196 valence electrons. The number of hydrogen-bond donors (Lipinski definition) is 3. The first-order valence-corrected chi connectivity index (χ1v) is 13.5. The van der Waals surface area contributed by atoms with E-state index >= 15 is 0 Å². The summed E-state index contributed by atoms with van der Waals surface area (Å²) in [5.41, 5.74) is 3.39. The highest BCUT2D eigenvalue weighted by molar-refractivity contribution is 5.95. The van der Waals surface area contributed by atoms with E-state index in [0.717, 1.165) is 50.3 Å². The molecule has 0 atom stereocenters. The molecule has 2 fully saturated rings. The Morgan fingerprint density at radius 3 is 2.51 bits per heavy atom. The third kappa shape index (κ3) is 6.28. The lowest BCUT2D eigenvalue weighted by molar-refractivity contribution is 0.0936. The second-order valence-corrected chi connectivity index (χ2v) is 10.6. The molecule has 1 aromatic carbocycles. The standard InChI is InChI=1S/C28H37N7O2/c1-19(2)16-30-25-26-31-17-24(20-6-8-21(9-7-20)27(36)32-22-10-11-22)35(26)18-23(33-25)28(37)29-12-15-34-13-4-3-5-14-34/h6-9,17-19,22H,3-5,10-16H2,1-2H3,(H,29,37)(H,30,33)(H,32,36). The van der Waals surface area contributed by atoms with E-state index in [1.165, 1.54) is 19.3 Å². The van der Waals surface area contributed by atoms with Crippen LogP contribution in [0.25, 0.3) is 16.9 Å². The van der Waals surface area contributed by atoms with Gasteiger partial charge >= 0.3 is 0 Å². The summed E-state index contributed by atoms with van der Waals surface area (Å²) >= 11 is 0. The van der Waals surface area contributed by atoms with E-state index in [2.05, 4.69) is 44.7 Å². The first-order chi connectivity index (χ1) is 18.0. The van der Waals surface area contributed by atoms with E-state index in [9.17, 15) is 9.59 Å². The molecule has 1 saturated heterocycles. The number of likely N-dealkylation sites (tertiary alicyclic amines) is 1. The monoisotopic (exact) mass is 503 g/mol. The van der Waals surface area contributed by atoms with Crippen LogP contribution in [0.2, 0.25) is 0 Å². The van der Waals surface area contributed by atoms with Crippen molar-refractivity contribution in [3.05, 3.63) is 47.9 Å². The summed E-state index contributed by atoms with van der Waals surface area (Å²) < 4.78 is 1.91. The Morgan fingerprint density at radius 1 is 1.05 bits per heavy atom. The number of imidazole rings is 1. The molecule has 3 heterocycles. The number of amides is 2. The molecule has 9 heteroatoms. The van der Waals surface area contributed by atoms with Crippen molar-refractivity contribution in [2.45, 2.75) is 52.0 Å². The van der Waals surface area contributed by atoms with E-state index < -0.39 is 0 Å². The average molecular weight is 504 g/mol. The van der Waals surface area contributed by atoms with Crippen molar-refractivity contribution in [1.82, 2.24) is 29.9 Å². The Kier molecular flexibility index (Phi) is 7.69. The number of nitrogens with one attached hydrogen (secondary N) is 3. The quantitative estimate of drug-likeness (QED) is 0.391. The van der Waals surface area contributed by atoms with Crippen LogP contribution in [-0.2, 0) is 0 Å². The number of carbonyl (C=O) groups excluding carboxylic acids is 2. The molecule has 37 heavy (non-hydrogen) atoms. The van der Waals surface area contributed by atoms with Gasteiger partial charge in [0, 0.05) is 43.0 Å². The highest BCUT2D eigenvalue weighted by Gasteiger charge is 2.24. The van der Waals surface area contributed by atoms with Gasteiger partial charge in [-0.25, -0.2) is 9.97 Å². The van der Waals surface area contributed by atoms with Crippen LogP contribution in [0.3, 0.4) is 0 Å². The first-order valence-electron chi connectivity index (χ1n) is 13.5. The first kappa shape index (κ1) is 25.2. The Bertz CT molecular complexity index is 1240. The van der Waals surface area contributed by atoms with Crippen molar-refractivity contribution in [3.8, 4) is 11.3 Å². The smallest absolute Gasteiger partial charge is 0.271 e. The lowest BCUT2D eigenvalue weighted by atomic mass is 10.1. The summed E-state index contributed by atoms with van der Waals surface area (Å²) in [5.74, 6) is 0.759. The molecule has 9 nitrogen and oxygen atoms in total. The van der Waals surface area contributed by atoms with E-state index in [-0.39, 0.29) is 11.8 Å². The Balaban J connectivity index is 1.38. The van der Waals surface area contributed by atoms with Crippen molar-refractivity contribution >= 4 is 23.3 Å². The van der Waals surface area contributed by atoms with E-state index in [1.807, 2.05) is 28.7 Å². The van der Waals surface area contributed by atoms with Gasteiger partial charge in [-0.2, -0.15) is 0 Å². The van der Waals surface area contributed by atoms with Gasteiger partial charge in [0.05, 0.1) is 11.9 Å². The molecule has 1 aliphatic carbocycles. The topological polar surface area (TPSA) is 104 Å². The summed E-state index contributed by atoms with van der Waals surface area (Å²) in [7, 11) is 0. The number of rotatable bonds is 10. The molecule has 0 unspecified atom stereocenters. The van der Waals surface area contributed by atoms with E-state index in [4.69, 9.17) is 0 Å². The number of fused-ring (bicyclic) bond motifs is 1. The fourth-order valence-corrected chi connectivity index (χ4v) is 4.62. The zero-order chi connectivity index (χ0) is 25.8. The van der Waals surface area contributed by atoms with Crippen LogP contribution in [0.15, 0.2) is 36.7 Å². The SMILES string of the molecule is CC(C)CNc1nc(C(=O)NCCN2CCCCC2)cn2c(-c3ccc(C(=O)NC4CC4)cc3)cnc12. The Hall–Kier alpha value is -3.46. The number of carbonyl (C=O) groups is 2. The number of piperidine rings is 1. The molecule has 5 rings (SSSR count). The largest absolute Gasteiger partial charge is 0.367 e. The maximum atomic E-state index is 13.1. The van der Waals surface area contributed by atoms with Crippen LogP contribution in [0.1, 0.15) is 66.8 Å². The Labute approximate surface area is 218 Å². The zero-order valence-corrected chi connectivity index (χ0v) is 21.8. The molecule has 3 aromatic rings. The van der Waals surface area contributed by atoms with Gasteiger partial charge in [-0.05, 0) is 56.8 Å². The van der Waals surface area contributed by atoms with Gasteiger partial charge < -0.3 is 20.9 Å². The number of benzene rings is 1. The molecule has 2 amide bonds. The van der Waals surface area contributed by atoms with Crippen LogP contribution in [0, 0.1) is 5.92 Å². The third-order valence-electron chi connectivity index (χ3n) is 6.92. The molecular weight excluding hydrogens is 466 g/mol. The number of aromatic nitrogens is 3. The summed E-state index contributed by atoms with van der Waals surface area (Å²) in [5, 5.41) is 9.43. The van der Waals surface area contributed by atoms with Crippen LogP contribution in [0.5, 0.6) is 0 Å². The van der Waals surface area contributed by atoms with Crippen molar-refractivity contribution in [3.63, 3.8) is 0 Å². The molecule has 0 spiro atoms. The predicted octanol–water partition coefficient (Wildman–Crippen LogP) is 3.57. The molecular formula is C28H37N7O2. The summed E-state index contributed by atoms with van der Waals surface area (Å²) in [6.45, 7) is 8.61. The van der Waals surface area contributed by atoms with E-state index in [0.29, 0.717) is 41.2 Å². The molecule has 0 radical (unpaired) electrons. The van der Waals surface area contributed by atoms with Gasteiger partial charge in [0.15, 0.2) is 11.5 Å². The normalized spacial score (nSPS) is 16.2. The molecule has 3 N–H and O–H groups in total. The molecule has 2 aromatic heterocycles. The predicted molar refractivity (Wildman–Crippen MR) is 145 cm³/mol. The van der Waals surface area contributed by atoms with Crippen molar-refractivity contribution < 1.29 is 9.59 Å². The maximum absolute atomic E-state index is 13.1. The Morgan fingerprint density at radius 2 is 1.81 bits per heavy atom. The lowest BCUT2D eigenvalue weighted by Crippen LogP contribution is -2.38. The number of nitrogens with zero attached hydrogens (tertiary/aromatic N) is 4. The lowest BCUT2D eigenvalue weighted by Gasteiger charge is -2.26. The van der Waals surface area contributed by atoms with Gasteiger partial charge in [0.2, 0.25) is 0 Å². The van der Waals surface area contributed by atoms with Gasteiger partial charge in [0.25, 0.3) is 11.8 Å². The molecule has 1 aliphatic heterocycles. The average Bonchev–Trinajstić information content (AvgIpc) is 3.62. The summed E-state index contributed by atoms with van der Waals surface area (Å²) in [6.07, 6.45) is 9.40. The number of anilines is 1. The second-order valence-electron chi connectivity index (χ2n) is 10.6. The van der Waals surface area contributed by atoms with Gasteiger partial charge in [-0.15, -0.1) is 0 Å². The van der Waals surface area contributed by atoms with Gasteiger partial charge in [-0.1, -0.05) is 32.4 Å². The van der Waals surface area contributed by atoms with Crippen LogP contribution in [-0.4, -0.2) is 69.8 Å². The molecule has 0 bridgehead atoms. The minimum atomic E-state index is -0.196. The van der Waals surface area contributed by atoms with E-state index in [1.54, 1.807) is 12.4 Å². The third-order valence-corrected chi connectivity index (χ3v) is 6.92. The van der Waals surface area contributed by atoms with Crippen LogP contribution >= 0.6 is 0 Å². The fourth-order valence-electron chi connectivity index (χ4n) is 4.62. The van der Waals surface area contributed by atoms with Gasteiger partial charge in [-0.3, -0.25) is 14.0 Å². The minimum Gasteiger partial charge on any atom is -0.367 e. The van der Waals surface area contributed by atoms with Crippen molar-refractivity contribution in [2.75, 3.05) is 38.0 Å². The maximum Gasteiger partial charge on any atom is 0.271 e.